The van der Waals surface area contributed by atoms with E-state index in [4.69, 9.17) is 0 Å². The molecular formula is C17H22BrN5O2. The van der Waals surface area contributed by atoms with Gasteiger partial charge in [0.1, 0.15) is 11.7 Å². The van der Waals surface area contributed by atoms with E-state index in [0.717, 1.165) is 23.3 Å². The van der Waals surface area contributed by atoms with Crippen molar-refractivity contribution in [2.45, 2.75) is 38.8 Å². The number of rotatable bonds is 4. The second-order valence-electron chi connectivity index (χ2n) is 6.39. The number of allylic oxidation sites excluding steroid dienone is 4. The zero-order valence-corrected chi connectivity index (χ0v) is 16.0. The van der Waals surface area contributed by atoms with E-state index in [9.17, 15) is 9.90 Å². The summed E-state index contributed by atoms with van der Waals surface area (Å²) in [4.78, 5) is 17.2. The third-order valence-electron chi connectivity index (χ3n) is 4.44. The van der Waals surface area contributed by atoms with E-state index < -0.39 is 5.60 Å². The zero-order valence-electron chi connectivity index (χ0n) is 14.4. The van der Waals surface area contributed by atoms with Crippen LogP contribution in [0.1, 0.15) is 26.7 Å². The maximum atomic E-state index is 12.8. The number of fused-ring (bicyclic) bond motifs is 1. The Labute approximate surface area is 154 Å². The number of aromatic nitrogens is 4. The average molecular weight is 408 g/mol. The van der Waals surface area contributed by atoms with Crippen molar-refractivity contribution in [2.24, 2.45) is 0 Å². The Balaban J connectivity index is 1.99. The van der Waals surface area contributed by atoms with Crippen molar-refractivity contribution < 1.29 is 5.11 Å². The molecule has 1 aliphatic rings. The first-order valence-electron chi connectivity index (χ1n) is 8.30. The second kappa shape index (κ2) is 7.23. The van der Waals surface area contributed by atoms with Gasteiger partial charge in [-0.1, -0.05) is 22.0 Å². The lowest BCUT2D eigenvalue weighted by molar-refractivity contribution is -0.00627. The largest absolute Gasteiger partial charge is 0.388 e. The normalized spacial score (nSPS) is 18.7. The summed E-state index contributed by atoms with van der Waals surface area (Å²) >= 11 is 3.41. The van der Waals surface area contributed by atoms with E-state index in [1.165, 1.54) is 17.1 Å². The van der Waals surface area contributed by atoms with Gasteiger partial charge >= 0.3 is 0 Å². The fraction of sp³-hybridized carbons (Fsp3) is 0.471. The van der Waals surface area contributed by atoms with Crippen LogP contribution in [0, 0.1) is 0 Å². The van der Waals surface area contributed by atoms with Crippen LogP contribution in [-0.2, 0) is 6.54 Å². The van der Waals surface area contributed by atoms with Crippen LogP contribution in [0.3, 0.4) is 0 Å². The van der Waals surface area contributed by atoms with Crippen LogP contribution >= 0.6 is 15.9 Å². The van der Waals surface area contributed by atoms with Gasteiger partial charge in [-0.25, -0.2) is 9.67 Å². The van der Waals surface area contributed by atoms with Crippen molar-refractivity contribution in [3.63, 3.8) is 0 Å². The van der Waals surface area contributed by atoms with Crippen molar-refractivity contribution >= 4 is 32.7 Å². The monoisotopic (exact) mass is 407 g/mol. The molecule has 25 heavy (non-hydrogen) atoms. The number of halogens is 1. The first kappa shape index (κ1) is 18.0. The molecule has 2 aromatic rings. The van der Waals surface area contributed by atoms with Gasteiger partial charge < -0.3 is 10.4 Å². The van der Waals surface area contributed by atoms with Crippen LogP contribution in [0.2, 0.25) is 0 Å². The first-order valence-corrected chi connectivity index (χ1v) is 9.09. The predicted molar refractivity (Wildman–Crippen MR) is 101 cm³/mol. The molecule has 1 fully saturated rings. The van der Waals surface area contributed by atoms with Crippen molar-refractivity contribution in [3.05, 3.63) is 39.5 Å². The Hall–Kier alpha value is -1.77. The molecule has 8 heteroatoms. The Morgan fingerprint density at radius 1 is 1.48 bits per heavy atom. The molecule has 1 aliphatic heterocycles. The smallest absolute Gasteiger partial charge is 0.264 e. The van der Waals surface area contributed by atoms with E-state index in [1.54, 1.807) is 4.68 Å². The van der Waals surface area contributed by atoms with E-state index in [2.05, 4.69) is 31.3 Å². The van der Waals surface area contributed by atoms with Crippen molar-refractivity contribution in [1.29, 1.82) is 0 Å². The molecule has 0 bridgehead atoms. The summed E-state index contributed by atoms with van der Waals surface area (Å²) in [6, 6.07) is 0. The number of piperidine rings is 1. The van der Waals surface area contributed by atoms with Gasteiger partial charge in [-0.3, -0.25) is 9.36 Å². The molecule has 134 valence electrons. The molecule has 0 radical (unpaired) electrons. The summed E-state index contributed by atoms with van der Waals surface area (Å²) in [5.41, 5.74) is 0.283. The third kappa shape index (κ3) is 3.75. The Bertz CT molecular complexity index is 886. The van der Waals surface area contributed by atoms with Gasteiger partial charge in [-0.15, -0.1) is 0 Å². The van der Waals surface area contributed by atoms with Crippen LogP contribution < -0.4 is 10.9 Å². The van der Waals surface area contributed by atoms with Gasteiger partial charge in [-0.2, -0.15) is 5.10 Å². The summed E-state index contributed by atoms with van der Waals surface area (Å²) in [6.07, 6.45) is 8.10. The Morgan fingerprint density at radius 2 is 2.20 bits per heavy atom. The number of hydrogen-bond donors (Lipinski definition) is 2. The first-order chi connectivity index (χ1) is 11.9. The van der Waals surface area contributed by atoms with Crippen LogP contribution in [0.15, 0.2) is 34.0 Å². The van der Waals surface area contributed by atoms with Gasteiger partial charge in [0.05, 0.1) is 24.0 Å². The highest BCUT2D eigenvalue weighted by molar-refractivity contribution is 9.11. The molecule has 2 aromatic heterocycles. The molecule has 0 aliphatic carbocycles. The number of aliphatic hydroxyl groups is 1. The molecule has 7 nitrogen and oxygen atoms in total. The average Bonchev–Trinajstić information content (AvgIpc) is 3.00. The molecular weight excluding hydrogens is 386 g/mol. The lowest BCUT2D eigenvalue weighted by Crippen LogP contribution is -2.46. The number of hydrogen-bond acceptors (Lipinski definition) is 5. The van der Waals surface area contributed by atoms with Gasteiger partial charge in [0.2, 0.25) is 0 Å². The number of nitrogens with zero attached hydrogens (tertiary/aromatic N) is 4. The highest BCUT2D eigenvalue weighted by atomic mass is 79.9. The molecule has 3 rings (SSSR count). The number of nitrogens with one attached hydrogen (secondary N) is 1. The summed E-state index contributed by atoms with van der Waals surface area (Å²) in [5, 5.41) is 18.7. The van der Waals surface area contributed by atoms with Crippen molar-refractivity contribution in [1.82, 2.24) is 24.6 Å². The molecule has 3 heterocycles. The van der Waals surface area contributed by atoms with E-state index in [1.807, 2.05) is 26.0 Å². The molecule has 1 saturated heterocycles. The maximum absolute atomic E-state index is 12.8. The fourth-order valence-corrected chi connectivity index (χ4v) is 3.32. The standard InChI is InChI=1S/C17H22BrN5O2/c1-3-13(8-12(2)18)23-15-14(9-21-23)16(24)22(11-20-15)10-17(25)4-6-19-7-5-17/h3,8-9,11,19,25H,4-7,10H2,1-2H3/b12-8+,13-3+. The van der Waals surface area contributed by atoms with E-state index >= 15 is 0 Å². The molecule has 0 amide bonds. The van der Waals surface area contributed by atoms with Crippen molar-refractivity contribution in [2.75, 3.05) is 13.1 Å². The molecule has 2 N–H and O–H groups in total. The lowest BCUT2D eigenvalue weighted by atomic mass is 9.92. The second-order valence-corrected chi connectivity index (χ2v) is 7.64. The predicted octanol–water partition coefficient (Wildman–Crippen LogP) is 1.87. The summed E-state index contributed by atoms with van der Waals surface area (Å²) in [5.74, 6) is 0. The van der Waals surface area contributed by atoms with Gasteiger partial charge in [0.15, 0.2) is 5.65 Å². The zero-order chi connectivity index (χ0) is 18.0. The minimum Gasteiger partial charge on any atom is -0.388 e. The lowest BCUT2D eigenvalue weighted by Gasteiger charge is -2.32. The van der Waals surface area contributed by atoms with Crippen LogP contribution in [-0.4, -0.2) is 43.1 Å². The van der Waals surface area contributed by atoms with Crippen LogP contribution in [0.5, 0.6) is 0 Å². The molecule has 0 aromatic carbocycles. The minimum absolute atomic E-state index is 0.182. The maximum Gasteiger partial charge on any atom is 0.264 e. The van der Waals surface area contributed by atoms with E-state index in [-0.39, 0.29) is 12.1 Å². The SMILES string of the molecule is C/C=C(\C=C(/C)Br)n1ncc2c(=O)n(CC3(O)CCNCC3)cnc21. The van der Waals surface area contributed by atoms with Crippen molar-refractivity contribution in [3.8, 4) is 0 Å². The molecule has 0 saturated carbocycles. The quantitative estimate of drug-likeness (QED) is 0.755. The summed E-state index contributed by atoms with van der Waals surface area (Å²) < 4.78 is 4.08. The Morgan fingerprint density at radius 3 is 2.84 bits per heavy atom. The highest BCUT2D eigenvalue weighted by Gasteiger charge is 2.30. The fourth-order valence-electron chi connectivity index (χ4n) is 3.09. The molecule has 0 atom stereocenters. The van der Waals surface area contributed by atoms with Gasteiger partial charge in [0.25, 0.3) is 5.56 Å². The van der Waals surface area contributed by atoms with Gasteiger partial charge in [-0.05, 0) is 50.3 Å². The topological polar surface area (TPSA) is 85.0 Å². The minimum atomic E-state index is -0.870. The summed E-state index contributed by atoms with van der Waals surface area (Å²) in [6.45, 7) is 5.58. The summed E-state index contributed by atoms with van der Waals surface area (Å²) in [7, 11) is 0. The van der Waals surface area contributed by atoms with Gasteiger partial charge in [0, 0.05) is 0 Å². The molecule has 0 spiro atoms. The third-order valence-corrected chi connectivity index (χ3v) is 4.67. The molecule has 0 unspecified atom stereocenters. The highest BCUT2D eigenvalue weighted by Crippen LogP contribution is 2.21. The Kier molecular flexibility index (Phi) is 5.21. The van der Waals surface area contributed by atoms with Crippen LogP contribution in [0.4, 0.5) is 0 Å². The van der Waals surface area contributed by atoms with E-state index in [0.29, 0.717) is 23.9 Å². The van der Waals surface area contributed by atoms with Crippen LogP contribution in [0.25, 0.3) is 16.7 Å².